The molecule has 1 saturated heterocycles. The molecule has 1 aromatic heterocycles. The Morgan fingerprint density at radius 2 is 2.15 bits per heavy atom. The smallest absolute Gasteiger partial charge is 0.179 e. The van der Waals surface area contributed by atoms with Crippen LogP contribution in [-0.4, -0.2) is 45.1 Å². The molecule has 0 amide bonds. The van der Waals surface area contributed by atoms with E-state index < -0.39 is 0 Å². The first-order chi connectivity index (χ1) is 9.71. The van der Waals surface area contributed by atoms with Crippen molar-refractivity contribution in [3.8, 4) is 0 Å². The van der Waals surface area contributed by atoms with E-state index >= 15 is 0 Å². The zero-order valence-corrected chi connectivity index (χ0v) is 12.5. The first kappa shape index (κ1) is 13.7. The van der Waals surface area contributed by atoms with Crippen molar-refractivity contribution in [2.24, 2.45) is 5.41 Å². The van der Waals surface area contributed by atoms with E-state index in [1.165, 1.54) is 0 Å². The van der Waals surface area contributed by atoms with Crippen LogP contribution >= 0.6 is 15.9 Å². The van der Waals surface area contributed by atoms with Gasteiger partial charge < -0.3 is 9.84 Å². The predicted molar refractivity (Wildman–Crippen MR) is 75.1 cm³/mol. The molecule has 1 aromatic carbocycles. The van der Waals surface area contributed by atoms with Crippen LogP contribution in [0.1, 0.15) is 11.4 Å². The fraction of sp³-hybridized carbons (Fsp3) is 0.462. The molecule has 1 N–H and O–H groups in total. The molecule has 0 saturated carbocycles. The van der Waals surface area contributed by atoms with Gasteiger partial charge in [0.2, 0.25) is 0 Å². The molecule has 0 bridgehead atoms. The minimum atomic E-state index is -0.245. The van der Waals surface area contributed by atoms with Crippen LogP contribution in [0.25, 0.3) is 0 Å². The Labute approximate surface area is 124 Å². The SMILES string of the molecule is OCC1(Cn2nnc(Cc3ccccc3Br)n2)COC1. The maximum Gasteiger partial charge on any atom is 0.179 e. The average molecular weight is 339 g/mol. The van der Waals surface area contributed by atoms with E-state index in [2.05, 4.69) is 31.3 Å². The monoisotopic (exact) mass is 338 g/mol. The summed E-state index contributed by atoms with van der Waals surface area (Å²) in [5, 5.41) is 21.9. The minimum absolute atomic E-state index is 0.0775. The highest BCUT2D eigenvalue weighted by molar-refractivity contribution is 9.10. The molecule has 0 aliphatic carbocycles. The molecule has 0 unspecified atom stereocenters. The minimum Gasteiger partial charge on any atom is -0.396 e. The van der Waals surface area contributed by atoms with E-state index in [0.717, 1.165) is 10.0 Å². The van der Waals surface area contributed by atoms with Gasteiger partial charge in [0.05, 0.1) is 31.8 Å². The summed E-state index contributed by atoms with van der Waals surface area (Å²) in [5.41, 5.74) is 0.876. The second kappa shape index (κ2) is 5.59. The second-order valence-electron chi connectivity index (χ2n) is 5.16. The molecule has 1 aliphatic heterocycles. The largest absolute Gasteiger partial charge is 0.396 e. The summed E-state index contributed by atoms with van der Waals surface area (Å²) in [6, 6.07) is 7.97. The van der Waals surface area contributed by atoms with Crippen LogP contribution in [0.2, 0.25) is 0 Å². The van der Waals surface area contributed by atoms with Gasteiger partial charge in [-0.3, -0.25) is 0 Å². The highest BCUT2D eigenvalue weighted by atomic mass is 79.9. The lowest BCUT2D eigenvalue weighted by molar-refractivity contribution is -0.147. The lowest BCUT2D eigenvalue weighted by Gasteiger charge is -2.38. The van der Waals surface area contributed by atoms with Gasteiger partial charge in [-0.25, -0.2) is 0 Å². The molecule has 2 aromatic rings. The quantitative estimate of drug-likeness (QED) is 0.881. The Morgan fingerprint density at radius 1 is 1.35 bits per heavy atom. The van der Waals surface area contributed by atoms with Crippen molar-refractivity contribution in [3.63, 3.8) is 0 Å². The molecule has 6 nitrogen and oxygen atoms in total. The number of aromatic nitrogens is 4. The number of hydrogen-bond donors (Lipinski definition) is 1. The lowest BCUT2D eigenvalue weighted by Crippen LogP contribution is -2.49. The van der Waals surface area contributed by atoms with Crippen LogP contribution < -0.4 is 0 Å². The van der Waals surface area contributed by atoms with Gasteiger partial charge in [-0.1, -0.05) is 34.1 Å². The van der Waals surface area contributed by atoms with Crippen molar-refractivity contribution in [2.75, 3.05) is 19.8 Å². The fourth-order valence-corrected chi connectivity index (χ4v) is 2.57. The summed E-state index contributed by atoms with van der Waals surface area (Å²) >= 11 is 3.51. The van der Waals surface area contributed by atoms with E-state index in [1.807, 2.05) is 24.3 Å². The van der Waals surface area contributed by atoms with Gasteiger partial charge in [0.15, 0.2) is 5.82 Å². The molecule has 2 heterocycles. The van der Waals surface area contributed by atoms with Gasteiger partial charge in [0.25, 0.3) is 0 Å². The van der Waals surface area contributed by atoms with Gasteiger partial charge in [0.1, 0.15) is 0 Å². The number of ether oxygens (including phenoxy) is 1. The maximum atomic E-state index is 9.40. The topological polar surface area (TPSA) is 73.1 Å². The Balaban J connectivity index is 1.69. The number of tetrazole rings is 1. The predicted octanol–water partition coefficient (Wildman–Crippen LogP) is 1.04. The van der Waals surface area contributed by atoms with Crippen molar-refractivity contribution in [2.45, 2.75) is 13.0 Å². The van der Waals surface area contributed by atoms with Crippen molar-refractivity contribution in [1.82, 2.24) is 20.2 Å². The molecule has 106 valence electrons. The van der Waals surface area contributed by atoms with E-state index in [1.54, 1.807) is 4.80 Å². The number of benzene rings is 1. The van der Waals surface area contributed by atoms with Crippen LogP contribution in [0.3, 0.4) is 0 Å². The Hall–Kier alpha value is -1.31. The molecule has 7 heteroatoms. The van der Waals surface area contributed by atoms with E-state index in [4.69, 9.17) is 4.74 Å². The number of aliphatic hydroxyl groups is 1. The van der Waals surface area contributed by atoms with Crippen LogP contribution in [0.5, 0.6) is 0 Å². The Kier molecular flexibility index (Phi) is 3.82. The first-order valence-electron chi connectivity index (χ1n) is 6.39. The van der Waals surface area contributed by atoms with E-state index in [0.29, 0.717) is 32.0 Å². The van der Waals surface area contributed by atoms with Crippen molar-refractivity contribution >= 4 is 15.9 Å². The second-order valence-corrected chi connectivity index (χ2v) is 6.01. The average Bonchev–Trinajstić information content (AvgIpc) is 2.84. The fourth-order valence-electron chi connectivity index (χ4n) is 2.15. The zero-order chi connectivity index (χ0) is 14.0. The van der Waals surface area contributed by atoms with Crippen molar-refractivity contribution in [1.29, 1.82) is 0 Å². The van der Waals surface area contributed by atoms with Crippen molar-refractivity contribution < 1.29 is 9.84 Å². The molecular formula is C13H15BrN4O2. The third kappa shape index (κ3) is 2.74. The van der Waals surface area contributed by atoms with Crippen LogP contribution in [-0.2, 0) is 17.7 Å². The van der Waals surface area contributed by atoms with Crippen LogP contribution in [0, 0.1) is 5.41 Å². The number of hydrogen-bond acceptors (Lipinski definition) is 5. The van der Waals surface area contributed by atoms with Gasteiger partial charge in [-0.15, -0.1) is 10.2 Å². The summed E-state index contributed by atoms with van der Waals surface area (Å²) in [6.07, 6.45) is 0.629. The van der Waals surface area contributed by atoms with Crippen molar-refractivity contribution in [3.05, 3.63) is 40.1 Å². The van der Waals surface area contributed by atoms with Gasteiger partial charge >= 0.3 is 0 Å². The molecule has 3 rings (SSSR count). The van der Waals surface area contributed by atoms with Crippen LogP contribution in [0.15, 0.2) is 28.7 Å². The maximum absolute atomic E-state index is 9.40. The summed E-state index contributed by atoms with van der Waals surface area (Å²) in [7, 11) is 0. The summed E-state index contributed by atoms with van der Waals surface area (Å²) in [4.78, 5) is 1.55. The third-order valence-corrected chi connectivity index (χ3v) is 4.20. The first-order valence-corrected chi connectivity index (χ1v) is 7.19. The lowest BCUT2D eigenvalue weighted by atomic mass is 9.87. The highest BCUT2D eigenvalue weighted by Crippen LogP contribution is 2.28. The molecule has 0 spiro atoms. The normalized spacial score (nSPS) is 16.9. The zero-order valence-electron chi connectivity index (χ0n) is 10.9. The van der Waals surface area contributed by atoms with E-state index in [-0.39, 0.29) is 12.0 Å². The molecule has 0 atom stereocenters. The highest BCUT2D eigenvalue weighted by Gasteiger charge is 2.39. The number of halogens is 1. The molecule has 1 fully saturated rings. The van der Waals surface area contributed by atoms with Gasteiger partial charge in [-0.2, -0.15) is 4.80 Å². The standard InChI is InChI=1S/C13H15BrN4O2/c14-11-4-2-1-3-10(11)5-12-15-17-18(16-12)6-13(7-19)8-20-9-13/h1-4,19H,5-9H2. The van der Waals surface area contributed by atoms with Crippen LogP contribution in [0.4, 0.5) is 0 Å². The number of aliphatic hydroxyl groups excluding tert-OH is 1. The molecule has 20 heavy (non-hydrogen) atoms. The summed E-state index contributed by atoms with van der Waals surface area (Å²) in [5.74, 6) is 0.672. The van der Waals surface area contributed by atoms with Gasteiger partial charge in [-0.05, 0) is 16.8 Å². The summed E-state index contributed by atoms with van der Waals surface area (Å²) in [6.45, 7) is 1.70. The number of rotatable bonds is 5. The third-order valence-electron chi connectivity index (χ3n) is 3.43. The number of nitrogens with zero attached hydrogens (tertiary/aromatic N) is 4. The Bertz CT molecular complexity index is 592. The van der Waals surface area contributed by atoms with Gasteiger partial charge in [0, 0.05) is 10.9 Å². The summed E-state index contributed by atoms with van der Waals surface area (Å²) < 4.78 is 6.20. The molecule has 0 radical (unpaired) electrons. The molecular weight excluding hydrogens is 324 g/mol. The molecule has 1 aliphatic rings. The van der Waals surface area contributed by atoms with E-state index in [9.17, 15) is 5.11 Å². The Morgan fingerprint density at radius 3 is 2.80 bits per heavy atom.